The molecule has 3 aromatic heterocycles. The first kappa shape index (κ1) is 39.2. The maximum Gasteiger partial charge on any atom is 0.269 e. The van der Waals surface area contributed by atoms with Crippen LogP contribution in [0.25, 0.3) is 106 Å². The third-order valence-electron chi connectivity index (χ3n) is 15.9. The number of aromatic nitrogens is 4. The molecule has 0 aliphatic rings. The molecular formula is C82H76N4O. The van der Waals surface area contributed by atoms with Crippen molar-refractivity contribution in [3.63, 3.8) is 0 Å². The van der Waals surface area contributed by atoms with E-state index in [0.29, 0.717) is 44.9 Å². The molecule has 13 rings (SSSR count). The Hall–Kier alpha value is -9.58. The molecule has 0 fully saturated rings. The summed E-state index contributed by atoms with van der Waals surface area (Å²) < 4.78 is 179. The van der Waals surface area contributed by atoms with Crippen LogP contribution >= 0.6 is 0 Å². The van der Waals surface area contributed by atoms with Crippen LogP contribution in [0.5, 0.6) is 11.5 Å². The third kappa shape index (κ3) is 11.1. The quantitative estimate of drug-likeness (QED) is 0.101. The first-order chi connectivity index (χ1) is 49.1. The lowest BCUT2D eigenvalue weighted by molar-refractivity contribution is -0.571. The average molecular weight is 1150 g/mol. The molecule has 0 bridgehead atoms. The Bertz CT molecular complexity index is 5650. The Morgan fingerprint density at radius 3 is 1.56 bits per heavy atom. The van der Waals surface area contributed by atoms with Crippen LogP contribution < -0.4 is 9.30 Å². The summed E-state index contributed by atoms with van der Waals surface area (Å²) in [6.45, 7) is 25.0. The van der Waals surface area contributed by atoms with Gasteiger partial charge in [0.15, 0.2) is 0 Å². The van der Waals surface area contributed by atoms with Crippen LogP contribution in [0.2, 0.25) is 0 Å². The van der Waals surface area contributed by atoms with Gasteiger partial charge < -0.3 is 4.74 Å². The molecule has 87 heavy (non-hydrogen) atoms. The summed E-state index contributed by atoms with van der Waals surface area (Å²) in [7, 11) is 0. The van der Waals surface area contributed by atoms with E-state index in [0.717, 1.165) is 44.3 Å². The molecule has 0 N–H and O–H groups in total. The second kappa shape index (κ2) is 21.7. The SMILES string of the molecule is [2H]c1c([2H])c([2H])c(-c2ccc3c(c2)n(-c2cccc(Oc4ccc5c6ccccc6n(-c6cc(C(C)(C)C)ccn6)c5c4)c2)[c-][n+]3-c2c(-c3cc(C(C)(C)C)cc(C(C)(C)C)c3)cc(C(C)(C)C)cc2-c2c([2H])c(-c3c([2H])c([2H])c([2H])c([2H])c3[2H])c([2H])c(-c3c([2H])c([2H])c([2H])c([2H])c3[2H])c2[2H])c([2H])c1[2H]. The fourth-order valence-corrected chi connectivity index (χ4v) is 11.1. The highest BCUT2D eigenvalue weighted by Gasteiger charge is 2.29. The summed E-state index contributed by atoms with van der Waals surface area (Å²) in [6.07, 6.45) is 5.49. The number of fused-ring (bicyclic) bond motifs is 4. The molecule has 0 aliphatic heterocycles. The van der Waals surface area contributed by atoms with Gasteiger partial charge in [0, 0.05) is 23.0 Å². The molecule has 5 heteroatoms. The Balaban J connectivity index is 1.17. The topological polar surface area (TPSA) is 35.9 Å². The van der Waals surface area contributed by atoms with Gasteiger partial charge in [0.05, 0.1) is 58.1 Å². The maximum absolute atomic E-state index is 10.7. The van der Waals surface area contributed by atoms with Crippen molar-refractivity contribution < 1.29 is 34.0 Å². The lowest BCUT2D eigenvalue weighted by Gasteiger charge is -2.29. The molecule has 5 nitrogen and oxygen atoms in total. The van der Waals surface area contributed by atoms with Crippen molar-refractivity contribution in [2.45, 2.75) is 105 Å². The van der Waals surface area contributed by atoms with Crippen LogP contribution in [-0.4, -0.2) is 14.1 Å². The van der Waals surface area contributed by atoms with Gasteiger partial charge in [-0.3, -0.25) is 13.7 Å². The molecule has 0 unspecified atom stereocenters. The lowest BCUT2D eigenvalue weighted by Crippen LogP contribution is -2.32. The maximum atomic E-state index is 10.7. The highest BCUT2D eigenvalue weighted by molar-refractivity contribution is 6.09. The van der Waals surface area contributed by atoms with E-state index >= 15 is 0 Å². The second-order valence-corrected chi connectivity index (χ2v) is 26.2. The number of hydrogen-bond donors (Lipinski definition) is 0. The van der Waals surface area contributed by atoms with Crippen molar-refractivity contribution in [1.82, 2.24) is 14.1 Å². The molecule has 0 amide bonds. The molecule has 10 aromatic carbocycles. The first-order valence-electron chi connectivity index (χ1n) is 38.1. The fourth-order valence-electron chi connectivity index (χ4n) is 11.1. The minimum absolute atomic E-state index is 0.0772. The van der Waals surface area contributed by atoms with Gasteiger partial charge in [0.25, 0.3) is 6.33 Å². The van der Waals surface area contributed by atoms with E-state index in [-0.39, 0.29) is 33.4 Å². The summed E-state index contributed by atoms with van der Waals surface area (Å²) in [6, 6.07) is 27.8. The molecule has 430 valence electrons. The van der Waals surface area contributed by atoms with Crippen LogP contribution in [0, 0.1) is 6.33 Å². The van der Waals surface area contributed by atoms with Gasteiger partial charge in [-0.1, -0.05) is 240 Å². The minimum Gasteiger partial charge on any atom is -0.458 e. The van der Waals surface area contributed by atoms with Crippen LogP contribution in [0.4, 0.5) is 0 Å². The summed E-state index contributed by atoms with van der Waals surface area (Å²) in [5.41, 5.74) is 3.61. The number of rotatable bonds is 10. The number of imidazole rings is 1. The smallest absolute Gasteiger partial charge is 0.269 e. The highest BCUT2D eigenvalue weighted by Crippen LogP contribution is 2.45. The molecule has 0 radical (unpaired) electrons. The molecule has 0 saturated heterocycles. The zero-order valence-corrected chi connectivity index (χ0v) is 50.9. The van der Waals surface area contributed by atoms with Crippen LogP contribution in [0.3, 0.4) is 0 Å². The van der Waals surface area contributed by atoms with Crippen molar-refractivity contribution in [1.29, 1.82) is 0 Å². The molecule has 0 saturated carbocycles. The van der Waals surface area contributed by atoms with Crippen molar-refractivity contribution in [2.24, 2.45) is 0 Å². The van der Waals surface area contributed by atoms with E-state index < -0.39 is 147 Å². The summed E-state index contributed by atoms with van der Waals surface area (Å²) in [5.74, 6) is 1.59. The lowest BCUT2D eigenvalue weighted by atomic mass is 9.77. The van der Waals surface area contributed by atoms with E-state index in [1.807, 2.05) is 75.5 Å². The van der Waals surface area contributed by atoms with Gasteiger partial charge in [-0.25, -0.2) is 4.98 Å². The predicted molar refractivity (Wildman–Crippen MR) is 364 cm³/mol. The van der Waals surface area contributed by atoms with E-state index in [2.05, 4.69) is 110 Å². The number of para-hydroxylation sites is 1. The van der Waals surface area contributed by atoms with Gasteiger partial charge in [-0.05, 0) is 172 Å². The molecular weight excluding hydrogens is 1060 g/mol. The summed E-state index contributed by atoms with van der Waals surface area (Å²) in [5, 5.41) is 1.99. The number of benzene rings is 10. The summed E-state index contributed by atoms with van der Waals surface area (Å²) >= 11 is 0. The largest absolute Gasteiger partial charge is 0.458 e. The van der Waals surface area contributed by atoms with E-state index in [1.54, 1.807) is 51.6 Å². The van der Waals surface area contributed by atoms with Crippen LogP contribution in [0.15, 0.2) is 242 Å². The number of nitrogens with zero attached hydrogens (tertiary/aromatic N) is 4. The van der Waals surface area contributed by atoms with Gasteiger partial charge >= 0.3 is 0 Å². The predicted octanol–water partition coefficient (Wildman–Crippen LogP) is 21.5. The summed E-state index contributed by atoms with van der Waals surface area (Å²) in [4.78, 5) is 4.89. The number of ether oxygens (including phenoxy) is 1. The zero-order valence-electron chi connectivity index (χ0n) is 68.9. The zero-order chi connectivity index (χ0) is 76.2. The van der Waals surface area contributed by atoms with Crippen LogP contribution in [0.1, 0.15) is 130 Å². The van der Waals surface area contributed by atoms with E-state index in [1.165, 1.54) is 0 Å². The van der Waals surface area contributed by atoms with Gasteiger partial charge in [0.2, 0.25) is 0 Å². The Kier molecular flexibility index (Phi) is 9.79. The van der Waals surface area contributed by atoms with Crippen molar-refractivity contribution in [2.75, 3.05) is 0 Å². The van der Waals surface area contributed by atoms with Crippen molar-refractivity contribution in [3.8, 4) is 84.3 Å². The van der Waals surface area contributed by atoms with Gasteiger partial charge in [0.1, 0.15) is 17.3 Å². The normalized spacial score (nSPS) is 15.3. The van der Waals surface area contributed by atoms with Gasteiger partial charge in [-0.2, -0.15) is 0 Å². The fraction of sp³-hybridized carbons (Fsp3) is 0.195. The molecule has 3 heterocycles. The number of hydrogen-bond acceptors (Lipinski definition) is 2. The monoisotopic (exact) mass is 1150 g/mol. The standard InChI is InChI=1S/C82H76N4O/c1-79(2,3)62-39-40-83-77(50-62)86-73-34-23-22-33-69(73)70-37-36-68(52-75(70)86)87-67-32-24-31-66(51-67)84-53-85(74-38-35-57(46-76(74)84)54-25-16-13-17-26-54)78-71(60-42-58(55-27-18-14-19-28-55)41-59(43-60)56-29-20-15-21-30-56)48-65(82(10,11)12)49-72(78)61-44-63(80(4,5)6)47-64(45-61)81(7,8)9/h13-52H,1-12H3/i13D,14D,15D,16D,17D,18D,19D,20D,21D,25D,26D,27D,28D,29D,30D,41D,42D,43D. The Morgan fingerprint density at radius 1 is 0.414 bits per heavy atom. The van der Waals surface area contributed by atoms with Crippen LogP contribution in [-0.2, 0) is 21.7 Å². The van der Waals surface area contributed by atoms with E-state index in [9.17, 15) is 12.3 Å². The van der Waals surface area contributed by atoms with Crippen molar-refractivity contribution >= 4 is 32.8 Å². The Labute approximate surface area is 539 Å². The second-order valence-electron chi connectivity index (χ2n) is 26.2. The van der Waals surface area contributed by atoms with Gasteiger partial charge in [-0.15, -0.1) is 0 Å². The van der Waals surface area contributed by atoms with E-state index in [4.69, 9.17) is 22.1 Å². The molecule has 0 atom stereocenters. The molecule has 13 aromatic rings. The van der Waals surface area contributed by atoms with Crippen molar-refractivity contribution in [3.05, 3.63) is 271 Å². The molecule has 0 aliphatic carbocycles. The Morgan fingerprint density at radius 2 is 0.954 bits per heavy atom. The minimum atomic E-state index is -0.810. The number of pyridine rings is 1. The third-order valence-corrected chi connectivity index (χ3v) is 15.9. The first-order valence-corrected chi connectivity index (χ1v) is 29.1. The average Bonchev–Trinajstić information content (AvgIpc) is 1.67. The highest BCUT2D eigenvalue weighted by atomic mass is 16.5. The molecule has 0 spiro atoms.